The van der Waals surface area contributed by atoms with E-state index in [4.69, 9.17) is 9.84 Å². The highest BCUT2D eigenvalue weighted by molar-refractivity contribution is 7.99. The van der Waals surface area contributed by atoms with Gasteiger partial charge in [0.05, 0.1) is 5.03 Å². The molecule has 0 amide bonds. The molecule has 1 unspecified atom stereocenters. The highest BCUT2D eigenvalue weighted by atomic mass is 32.2. The predicted octanol–water partition coefficient (Wildman–Crippen LogP) is 1.66. The highest BCUT2D eigenvalue weighted by Gasteiger charge is 2.17. The van der Waals surface area contributed by atoms with Gasteiger partial charge in [-0.2, -0.15) is 0 Å². The van der Waals surface area contributed by atoms with E-state index in [1.807, 2.05) is 18.2 Å². The molecule has 1 rings (SSSR count). The molecule has 0 aliphatic carbocycles. The van der Waals surface area contributed by atoms with Crippen LogP contribution in [0.5, 0.6) is 0 Å². The lowest BCUT2D eigenvalue weighted by Crippen LogP contribution is -2.26. The summed E-state index contributed by atoms with van der Waals surface area (Å²) >= 11 is 1.38. The van der Waals surface area contributed by atoms with Crippen LogP contribution in [0.25, 0.3) is 0 Å². The van der Waals surface area contributed by atoms with Crippen molar-refractivity contribution in [3.8, 4) is 0 Å². The summed E-state index contributed by atoms with van der Waals surface area (Å²) in [6.45, 7) is 2.18. The molecule has 0 radical (unpaired) electrons. The van der Waals surface area contributed by atoms with Crippen molar-refractivity contribution in [3.63, 3.8) is 0 Å². The first kappa shape index (κ1) is 12.0. The quantitative estimate of drug-likeness (QED) is 0.749. The Kier molecular flexibility index (Phi) is 5.14. The molecule has 1 heterocycles. The maximum Gasteiger partial charge on any atom is 0.333 e. The summed E-state index contributed by atoms with van der Waals surface area (Å²) < 4.78 is 5.08. The van der Waals surface area contributed by atoms with E-state index >= 15 is 0 Å². The number of carboxylic acid groups (broad SMARTS) is 1. The number of nitrogens with zero attached hydrogens (tertiary/aromatic N) is 1. The number of aromatic nitrogens is 1. The van der Waals surface area contributed by atoms with Gasteiger partial charge < -0.3 is 9.84 Å². The average Bonchev–Trinajstić information content (AvgIpc) is 2.25. The van der Waals surface area contributed by atoms with Crippen LogP contribution < -0.4 is 0 Å². The first-order chi connectivity index (χ1) is 7.24. The topological polar surface area (TPSA) is 59.4 Å². The monoisotopic (exact) mass is 227 g/mol. The number of carboxylic acids is 1. The van der Waals surface area contributed by atoms with Crippen molar-refractivity contribution < 1.29 is 14.6 Å². The second-order valence-electron chi connectivity index (χ2n) is 2.76. The number of aliphatic carboxylic acids is 1. The molecule has 0 aliphatic heterocycles. The van der Waals surface area contributed by atoms with Crippen LogP contribution in [0.2, 0.25) is 0 Å². The minimum Gasteiger partial charge on any atom is -0.479 e. The van der Waals surface area contributed by atoms with E-state index in [1.54, 1.807) is 13.1 Å². The Morgan fingerprint density at radius 1 is 1.67 bits per heavy atom. The lowest BCUT2D eigenvalue weighted by Gasteiger charge is -2.10. The molecule has 0 aromatic carbocycles. The zero-order valence-electron chi connectivity index (χ0n) is 8.42. The van der Waals surface area contributed by atoms with Gasteiger partial charge in [0.1, 0.15) is 0 Å². The van der Waals surface area contributed by atoms with Gasteiger partial charge >= 0.3 is 5.97 Å². The van der Waals surface area contributed by atoms with E-state index in [0.717, 1.165) is 5.03 Å². The number of ether oxygens (including phenoxy) is 1. The highest BCUT2D eigenvalue weighted by Crippen LogP contribution is 2.16. The fourth-order valence-electron chi connectivity index (χ4n) is 0.985. The summed E-state index contributed by atoms with van der Waals surface area (Å²) in [6.07, 6.45) is 0.917. The molecule has 1 aromatic heterocycles. The smallest absolute Gasteiger partial charge is 0.333 e. The summed E-state index contributed by atoms with van der Waals surface area (Å²) in [5.41, 5.74) is 0. The summed E-state index contributed by atoms with van der Waals surface area (Å²) in [5, 5.41) is 9.63. The Labute approximate surface area is 92.7 Å². The zero-order valence-corrected chi connectivity index (χ0v) is 9.24. The Morgan fingerprint density at radius 2 is 2.47 bits per heavy atom. The van der Waals surface area contributed by atoms with Crippen molar-refractivity contribution in [2.45, 2.75) is 18.1 Å². The second-order valence-corrected chi connectivity index (χ2v) is 3.80. The average molecular weight is 227 g/mol. The fourth-order valence-corrected chi connectivity index (χ4v) is 1.86. The molecule has 1 atom stereocenters. The Bertz CT molecular complexity index is 305. The fraction of sp³-hybridized carbons (Fsp3) is 0.400. The van der Waals surface area contributed by atoms with Crippen molar-refractivity contribution in [1.29, 1.82) is 0 Å². The van der Waals surface area contributed by atoms with Gasteiger partial charge in [-0.3, -0.25) is 0 Å². The van der Waals surface area contributed by atoms with Crippen molar-refractivity contribution in [2.24, 2.45) is 0 Å². The molecule has 0 fully saturated rings. The summed E-state index contributed by atoms with van der Waals surface area (Å²) in [4.78, 5) is 14.8. The van der Waals surface area contributed by atoms with Crippen LogP contribution in [0.3, 0.4) is 0 Å². The van der Waals surface area contributed by atoms with Crippen molar-refractivity contribution in [1.82, 2.24) is 4.98 Å². The molecule has 0 saturated heterocycles. The van der Waals surface area contributed by atoms with Crippen LogP contribution in [0, 0.1) is 0 Å². The van der Waals surface area contributed by atoms with E-state index < -0.39 is 12.1 Å². The molecule has 82 valence electrons. The molecular formula is C10H13NO3S. The van der Waals surface area contributed by atoms with Gasteiger partial charge in [0.25, 0.3) is 0 Å². The third kappa shape index (κ3) is 4.31. The van der Waals surface area contributed by atoms with Gasteiger partial charge in [0, 0.05) is 18.6 Å². The standard InChI is InChI=1S/C10H13NO3S/c1-2-14-8(10(12)13)7-15-9-5-3-4-6-11-9/h3-6,8H,2,7H2,1H3,(H,12,13). The number of pyridine rings is 1. The lowest BCUT2D eigenvalue weighted by atomic mass is 10.4. The summed E-state index contributed by atoms with van der Waals surface area (Å²) in [5.74, 6) is -0.555. The van der Waals surface area contributed by atoms with E-state index in [0.29, 0.717) is 12.4 Å². The zero-order chi connectivity index (χ0) is 11.1. The van der Waals surface area contributed by atoms with Crippen LogP contribution in [-0.4, -0.2) is 34.5 Å². The number of carbonyl (C=O) groups is 1. The van der Waals surface area contributed by atoms with Crippen LogP contribution in [0.4, 0.5) is 0 Å². The van der Waals surface area contributed by atoms with Gasteiger partial charge in [-0.05, 0) is 19.1 Å². The van der Waals surface area contributed by atoms with Gasteiger partial charge in [-0.15, -0.1) is 11.8 Å². The Balaban J connectivity index is 2.43. The van der Waals surface area contributed by atoms with E-state index in [1.165, 1.54) is 11.8 Å². The molecule has 0 spiro atoms. The van der Waals surface area contributed by atoms with Gasteiger partial charge in [0.2, 0.25) is 0 Å². The SMILES string of the molecule is CCOC(CSc1ccccn1)C(=O)O. The van der Waals surface area contributed by atoms with Crippen LogP contribution in [0.15, 0.2) is 29.4 Å². The third-order valence-corrected chi connectivity index (χ3v) is 2.67. The second kappa shape index (κ2) is 6.42. The molecule has 5 heteroatoms. The Morgan fingerprint density at radius 3 is 3.00 bits per heavy atom. The third-order valence-electron chi connectivity index (χ3n) is 1.66. The first-order valence-electron chi connectivity index (χ1n) is 4.62. The minimum atomic E-state index is -0.930. The molecule has 1 N–H and O–H groups in total. The summed E-state index contributed by atoms with van der Waals surface area (Å²) in [7, 11) is 0. The van der Waals surface area contributed by atoms with E-state index in [9.17, 15) is 4.79 Å². The first-order valence-corrected chi connectivity index (χ1v) is 5.61. The normalized spacial score (nSPS) is 12.3. The summed E-state index contributed by atoms with van der Waals surface area (Å²) in [6, 6.07) is 5.53. The molecule has 15 heavy (non-hydrogen) atoms. The largest absolute Gasteiger partial charge is 0.479 e. The van der Waals surface area contributed by atoms with Crippen LogP contribution in [-0.2, 0) is 9.53 Å². The van der Waals surface area contributed by atoms with Crippen LogP contribution >= 0.6 is 11.8 Å². The van der Waals surface area contributed by atoms with Crippen molar-refractivity contribution in [2.75, 3.05) is 12.4 Å². The van der Waals surface area contributed by atoms with Crippen molar-refractivity contribution in [3.05, 3.63) is 24.4 Å². The molecule has 0 saturated carbocycles. The maximum atomic E-state index is 10.8. The molecule has 4 nitrogen and oxygen atoms in total. The molecular weight excluding hydrogens is 214 g/mol. The van der Waals surface area contributed by atoms with Gasteiger partial charge in [-0.1, -0.05) is 6.07 Å². The van der Waals surface area contributed by atoms with Crippen LogP contribution in [0.1, 0.15) is 6.92 Å². The molecule has 0 aliphatic rings. The number of hydrogen-bond acceptors (Lipinski definition) is 4. The van der Waals surface area contributed by atoms with E-state index in [-0.39, 0.29) is 0 Å². The minimum absolute atomic E-state index is 0.375. The van der Waals surface area contributed by atoms with E-state index in [2.05, 4.69) is 4.98 Å². The molecule has 1 aromatic rings. The Hall–Kier alpha value is -1.07. The molecule has 0 bridgehead atoms. The maximum absolute atomic E-state index is 10.8. The number of rotatable bonds is 6. The predicted molar refractivity (Wildman–Crippen MR) is 58.0 cm³/mol. The number of thioether (sulfide) groups is 1. The van der Waals surface area contributed by atoms with Gasteiger partial charge in [0.15, 0.2) is 6.10 Å². The lowest BCUT2D eigenvalue weighted by molar-refractivity contribution is -0.148. The number of hydrogen-bond donors (Lipinski definition) is 1. The van der Waals surface area contributed by atoms with Gasteiger partial charge in [-0.25, -0.2) is 9.78 Å². The van der Waals surface area contributed by atoms with Crippen molar-refractivity contribution >= 4 is 17.7 Å².